The van der Waals surface area contributed by atoms with E-state index in [4.69, 9.17) is 21.6 Å². The second kappa shape index (κ2) is 13.0. The lowest BCUT2D eigenvalue weighted by molar-refractivity contribution is -0.153. The molecule has 3 aromatic carbocycles. The van der Waals surface area contributed by atoms with E-state index in [0.29, 0.717) is 9.50 Å². The van der Waals surface area contributed by atoms with E-state index in [1.165, 1.54) is 58.9 Å². The fourth-order valence-corrected chi connectivity index (χ4v) is 5.49. The molecular weight excluding hydrogens is 698 g/mol. The molecule has 1 N–H and O–H groups in total. The first-order valence-corrected chi connectivity index (χ1v) is 14.8. The molecule has 5 rings (SSSR count). The van der Waals surface area contributed by atoms with E-state index in [1.807, 2.05) is 6.07 Å². The van der Waals surface area contributed by atoms with Crippen molar-refractivity contribution < 1.29 is 31.9 Å². The molecule has 0 radical (unpaired) electrons. The number of aromatic nitrogens is 2. The van der Waals surface area contributed by atoms with Gasteiger partial charge in [-0.15, -0.1) is 0 Å². The van der Waals surface area contributed by atoms with Crippen molar-refractivity contribution in [3.8, 4) is 17.5 Å². The standard InChI is InChI=1S/C31H23BrClF4N5O4/c1-17(22-8-2-18(14-38)12-25(22)34)39-28(43)27-26-15-40(29(44)19-3-9-23(32)24(33)13-19)10-11-41(26)30(45)42(27)20-4-6-21(7-5-20)46-16-31(35,36)37/h2-9,12-13,17H,10-11,15-16H2,1H3,(H,39,43)/t17-/m1/s1. The fraction of sp³-hybridized carbons (Fsp3) is 0.226. The Kier molecular flexibility index (Phi) is 9.27. The van der Waals surface area contributed by atoms with Gasteiger partial charge < -0.3 is 15.0 Å². The molecule has 1 aliphatic heterocycles. The maximum absolute atomic E-state index is 14.8. The van der Waals surface area contributed by atoms with Crippen LogP contribution in [0.2, 0.25) is 5.02 Å². The molecule has 2 amide bonds. The summed E-state index contributed by atoms with van der Waals surface area (Å²) in [5.74, 6) is -2.01. The lowest BCUT2D eigenvalue weighted by Gasteiger charge is -2.28. The smallest absolute Gasteiger partial charge is 0.422 e. The molecule has 0 fully saturated rings. The van der Waals surface area contributed by atoms with Crippen molar-refractivity contribution in [1.82, 2.24) is 19.4 Å². The van der Waals surface area contributed by atoms with Gasteiger partial charge in [0.05, 0.1) is 40.6 Å². The number of halogens is 6. The summed E-state index contributed by atoms with van der Waals surface area (Å²) in [5.41, 5.74) is 0.0236. The Morgan fingerprint density at radius 1 is 1.11 bits per heavy atom. The van der Waals surface area contributed by atoms with E-state index in [0.717, 1.165) is 10.6 Å². The van der Waals surface area contributed by atoms with Crippen LogP contribution in [-0.4, -0.2) is 45.2 Å². The lowest BCUT2D eigenvalue weighted by atomic mass is 10.1. The number of nitriles is 1. The summed E-state index contributed by atoms with van der Waals surface area (Å²) in [6.07, 6.45) is -4.56. The first-order chi connectivity index (χ1) is 21.8. The number of hydrogen-bond donors (Lipinski definition) is 1. The van der Waals surface area contributed by atoms with Crippen molar-refractivity contribution in [2.45, 2.75) is 32.2 Å². The third-order valence-electron chi connectivity index (χ3n) is 7.29. The minimum absolute atomic E-state index is 0.0318. The van der Waals surface area contributed by atoms with Gasteiger partial charge in [-0.2, -0.15) is 18.4 Å². The molecule has 46 heavy (non-hydrogen) atoms. The van der Waals surface area contributed by atoms with Crippen LogP contribution in [0, 0.1) is 17.1 Å². The number of ether oxygens (including phenoxy) is 1. The van der Waals surface area contributed by atoms with Gasteiger partial charge in [-0.05, 0) is 77.5 Å². The molecule has 2 heterocycles. The Labute approximate surface area is 272 Å². The van der Waals surface area contributed by atoms with E-state index >= 15 is 0 Å². The second-order valence-corrected chi connectivity index (χ2v) is 11.6. The predicted octanol–water partition coefficient (Wildman–Crippen LogP) is 6.15. The van der Waals surface area contributed by atoms with Crippen molar-refractivity contribution in [3.05, 3.63) is 115 Å². The third kappa shape index (κ3) is 6.80. The van der Waals surface area contributed by atoms with E-state index in [1.54, 1.807) is 12.1 Å². The van der Waals surface area contributed by atoms with Crippen LogP contribution in [0.25, 0.3) is 5.69 Å². The van der Waals surface area contributed by atoms with E-state index in [2.05, 4.69) is 21.2 Å². The number of carbonyl (C=O) groups is 2. The maximum Gasteiger partial charge on any atom is 0.422 e. The molecule has 238 valence electrons. The minimum atomic E-state index is -4.56. The summed E-state index contributed by atoms with van der Waals surface area (Å²) in [6.45, 7) is 0.0143. The molecular formula is C31H23BrClF4N5O4. The second-order valence-electron chi connectivity index (χ2n) is 10.4. The molecule has 15 heteroatoms. The Morgan fingerprint density at radius 3 is 2.46 bits per heavy atom. The number of nitrogens with one attached hydrogen (secondary N) is 1. The minimum Gasteiger partial charge on any atom is -0.484 e. The Bertz CT molecular complexity index is 1940. The van der Waals surface area contributed by atoms with Gasteiger partial charge >= 0.3 is 11.9 Å². The van der Waals surface area contributed by atoms with Crippen molar-refractivity contribution in [3.63, 3.8) is 0 Å². The summed E-state index contributed by atoms with van der Waals surface area (Å²) >= 11 is 9.48. The zero-order chi connectivity index (χ0) is 33.3. The number of benzene rings is 3. The zero-order valence-electron chi connectivity index (χ0n) is 23.9. The largest absolute Gasteiger partial charge is 0.484 e. The fourth-order valence-electron chi connectivity index (χ4n) is 5.06. The molecule has 1 aromatic heterocycles. The summed E-state index contributed by atoms with van der Waals surface area (Å²) in [4.78, 5) is 42.5. The van der Waals surface area contributed by atoms with E-state index in [-0.39, 0.29) is 59.1 Å². The van der Waals surface area contributed by atoms with Crippen molar-refractivity contribution >= 4 is 39.3 Å². The van der Waals surface area contributed by atoms with Gasteiger partial charge in [0, 0.05) is 28.7 Å². The maximum atomic E-state index is 14.8. The number of imidazole rings is 1. The number of amides is 2. The van der Waals surface area contributed by atoms with Crippen LogP contribution >= 0.6 is 27.5 Å². The summed E-state index contributed by atoms with van der Waals surface area (Å²) in [5, 5.41) is 12.1. The molecule has 0 spiro atoms. The predicted molar refractivity (Wildman–Crippen MR) is 162 cm³/mol. The molecule has 0 saturated heterocycles. The van der Waals surface area contributed by atoms with Crippen LogP contribution in [0.5, 0.6) is 5.75 Å². The average molecular weight is 721 g/mol. The summed E-state index contributed by atoms with van der Waals surface area (Å²) in [6, 6.07) is 14.5. The molecule has 4 aromatic rings. The van der Waals surface area contributed by atoms with E-state index in [9.17, 15) is 31.9 Å². The number of alkyl halides is 3. The average Bonchev–Trinajstić information content (AvgIpc) is 3.32. The third-order valence-corrected chi connectivity index (χ3v) is 8.52. The van der Waals surface area contributed by atoms with Gasteiger partial charge in [0.15, 0.2) is 6.61 Å². The number of hydrogen-bond acceptors (Lipinski definition) is 5. The highest BCUT2D eigenvalue weighted by molar-refractivity contribution is 9.10. The van der Waals surface area contributed by atoms with Crippen molar-refractivity contribution in [2.24, 2.45) is 0 Å². The highest BCUT2D eigenvalue weighted by atomic mass is 79.9. The van der Waals surface area contributed by atoms with Gasteiger partial charge in [-0.25, -0.2) is 9.18 Å². The summed E-state index contributed by atoms with van der Waals surface area (Å²) < 4.78 is 60.5. The quantitative estimate of drug-likeness (QED) is 0.231. The number of carbonyl (C=O) groups excluding carboxylic acids is 2. The van der Waals surface area contributed by atoms with Crippen molar-refractivity contribution in [1.29, 1.82) is 5.26 Å². The van der Waals surface area contributed by atoms with Crippen LogP contribution < -0.4 is 15.7 Å². The Hall–Kier alpha value is -4.61. The van der Waals surface area contributed by atoms with Crippen LogP contribution in [0.4, 0.5) is 17.6 Å². The molecule has 0 saturated carbocycles. The normalized spacial score (nSPS) is 13.5. The lowest BCUT2D eigenvalue weighted by Crippen LogP contribution is -2.41. The first kappa shape index (κ1) is 32.8. The topological polar surface area (TPSA) is 109 Å². The number of rotatable bonds is 7. The number of fused-ring (bicyclic) bond motifs is 1. The molecule has 0 bridgehead atoms. The van der Waals surface area contributed by atoms with Gasteiger partial charge in [-0.1, -0.05) is 17.7 Å². The Morgan fingerprint density at radius 2 is 1.83 bits per heavy atom. The SMILES string of the molecule is C[C@@H](NC(=O)c1c2n(c(=O)n1-c1ccc(OCC(F)(F)F)cc1)CCN(C(=O)c1ccc(Br)c(Cl)c1)C2)c1ccc(C#N)cc1F. The van der Waals surface area contributed by atoms with Gasteiger partial charge in [0.2, 0.25) is 0 Å². The monoisotopic (exact) mass is 719 g/mol. The number of nitrogens with zero attached hydrogens (tertiary/aromatic N) is 4. The highest BCUT2D eigenvalue weighted by Crippen LogP contribution is 2.27. The van der Waals surface area contributed by atoms with Crippen LogP contribution in [0.3, 0.4) is 0 Å². The van der Waals surface area contributed by atoms with Gasteiger partial charge in [0.1, 0.15) is 17.3 Å². The molecule has 9 nitrogen and oxygen atoms in total. The molecule has 0 unspecified atom stereocenters. The molecule has 0 aliphatic carbocycles. The molecule has 1 atom stereocenters. The van der Waals surface area contributed by atoms with Crippen LogP contribution in [-0.2, 0) is 13.1 Å². The first-order valence-electron chi connectivity index (χ1n) is 13.7. The van der Waals surface area contributed by atoms with Crippen LogP contribution in [0.15, 0.2) is 69.9 Å². The summed E-state index contributed by atoms with van der Waals surface area (Å²) in [7, 11) is 0. The van der Waals surface area contributed by atoms with Gasteiger partial charge in [0.25, 0.3) is 11.8 Å². The Balaban J connectivity index is 1.53. The van der Waals surface area contributed by atoms with Crippen LogP contribution in [0.1, 0.15) is 50.6 Å². The van der Waals surface area contributed by atoms with E-state index < -0.39 is 42.1 Å². The van der Waals surface area contributed by atoms with Crippen molar-refractivity contribution in [2.75, 3.05) is 13.2 Å². The molecule has 1 aliphatic rings. The highest BCUT2D eigenvalue weighted by Gasteiger charge is 2.33. The zero-order valence-corrected chi connectivity index (χ0v) is 26.2. The van der Waals surface area contributed by atoms with Gasteiger partial charge in [-0.3, -0.25) is 18.7 Å².